The number of H-pyrrole nitrogens is 1. The molecule has 0 amide bonds. The number of hydrogen-bond donors (Lipinski definition) is 1. The molecule has 0 saturated carbocycles. The third kappa shape index (κ3) is 3.71. The van der Waals surface area contributed by atoms with Crippen molar-refractivity contribution in [3.8, 4) is 0 Å². The van der Waals surface area contributed by atoms with Crippen molar-refractivity contribution in [1.82, 2.24) is 15.0 Å². The molecule has 0 bridgehead atoms. The summed E-state index contributed by atoms with van der Waals surface area (Å²) < 4.78 is 4.75. The summed E-state index contributed by atoms with van der Waals surface area (Å²) in [5.41, 5.74) is 2.94. The number of nitrogens with one attached hydrogen (secondary N) is 1. The number of hydrogen-bond acceptors (Lipinski definition) is 6. The van der Waals surface area contributed by atoms with Crippen LogP contribution in [0.2, 0.25) is 0 Å². The zero-order valence-corrected chi connectivity index (χ0v) is 14.9. The molecule has 0 fully saturated rings. The number of aromatic nitrogens is 3. The monoisotopic (exact) mass is 355 g/mol. The second kappa shape index (κ2) is 7.06. The Bertz CT molecular complexity index is 1010. The first-order chi connectivity index (χ1) is 12.0. The number of ether oxygens (including phenoxy) is 1. The quantitative estimate of drug-likeness (QED) is 0.440. The minimum Gasteiger partial charge on any atom is -0.465 e. The number of fused-ring (bicyclic) bond motifs is 1. The summed E-state index contributed by atoms with van der Waals surface area (Å²) in [5, 5.41) is 0.616. The number of nitrogens with zero attached hydrogens (tertiary/aromatic N) is 2. The van der Waals surface area contributed by atoms with E-state index in [-0.39, 0.29) is 16.6 Å². The summed E-state index contributed by atoms with van der Waals surface area (Å²) in [4.78, 5) is 35.8. The van der Waals surface area contributed by atoms with Crippen molar-refractivity contribution in [3.63, 3.8) is 0 Å². The first-order valence-electron chi connectivity index (χ1n) is 7.66. The lowest BCUT2D eigenvalue weighted by Gasteiger charge is -2.07. The maximum atomic E-state index is 12.5. The van der Waals surface area contributed by atoms with Crippen LogP contribution in [0.5, 0.6) is 0 Å². The molecule has 0 saturated heterocycles. The Labute approximate surface area is 148 Å². The number of carbonyl (C=O) groups is 1. The molecular weight excluding hydrogens is 338 g/mol. The summed E-state index contributed by atoms with van der Waals surface area (Å²) in [7, 11) is 1.28. The number of methoxy groups -OCH3 is 1. The number of carbonyl (C=O) groups excluding carboxylic acids is 1. The van der Waals surface area contributed by atoms with Crippen molar-refractivity contribution in [2.75, 3.05) is 7.11 Å². The van der Waals surface area contributed by atoms with Gasteiger partial charge in [-0.3, -0.25) is 4.79 Å². The van der Waals surface area contributed by atoms with Gasteiger partial charge in [0.1, 0.15) is 0 Å². The number of esters is 1. The molecule has 0 aliphatic carbocycles. The predicted molar refractivity (Wildman–Crippen MR) is 97.0 cm³/mol. The molecule has 2 aromatic heterocycles. The average molecular weight is 355 g/mol. The molecular formula is C18H17N3O3S. The Kier molecular flexibility index (Phi) is 4.85. The molecule has 128 valence electrons. The van der Waals surface area contributed by atoms with Crippen LogP contribution in [0, 0.1) is 13.8 Å². The standard InChI is InChI=1S/C18H17N3O3S/c1-10-5-4-6-12(7-10)9-25-18-20-15-14(16(22)21-18)13(17(23)24-3)8-11(2)19-15/h4-8H,9H2,1-3H3,(H,19,20,21,22). The normalized spacial score (nSPS) is 10.8. The molecule has 0 radical (unpaired) electrons. The molecule has 3 rings (SSSR count). The third-order valence-corrected chi connectivity index (χ3v) is 4.59. The van der Waals surface area contributed by atoms with Crippen molar-refractivity contribution in [2.45, 2.75) is 24.8 Å². The molecule has 2 heterocycles. The van der Waals surface area contributed by atoms with E-state index < -0.39 is 11.5 Å². The predicted octanol–water partition coefficient (Wildman–Crippen LogP) is 3.01. The van der Waals surface area contributed by atoms with Crippen LogP contribution in [0.3, 0.4) is 0 Å². The van der Waals surface area contributed by atoms with E-state index in [1.165, 1.54) is 30.5 Å². The fraction of sp³-hybridized carbons (Fsp3) is 0.222. The number of thioether (sulfide) groups is 1. The van der Waals surface area contributed by atoms with Crippen LogP contribution in [0.4, 0.5) is 0 Å². The van der Waals surface area contributed by atoms with Gasteiger partial charge in [0.15, 0.2) is 10.8 Å². The molecule has 0 atom stereocenters. The number of aromatic amines is 1. The maximum Gasteiger partial charge on any atom is 0.338 e. The topological polar surface area (TPSA) is 84.9 Å². The lowest BCUT2D eigenvalue weighted by molar-refractivity contribution is 0.0602. The zero-order valence-electron chi connectivity index (χ0n) is 14.1. The number of benzene rings is 1. The third-order valence-electron chi connectivity index (χ3n) is 3.65. The van der Waals surface area contributed by atoms with Crippen LogP contribution in [-0.4, -0.2) is 28.0 Å². The van der Waals surface area contributed by atoms with Crippen LogP contribution < -0.4 is 5.56 Å². The minimum atomic E-state index is -0.581. The second-order valence-electron chi connectivity index (χ2n) is 5.65. The van der Waals surface area contributed by atoms with E-state index in [4.69, 9.17) is 4.74 Å². The highest BCUT2D eigenvalue weighted by Crippen LogP contribution is 2.21. The lowest BCUT2D eigenvalue weighted by atomic mass is 10.1. The Morgan fingerprint density at radius 2 is 2.04 bits per heavy atom. The SMILES string of the molecule is COC(=O)c1cc(C)nc2nc(SCc3cccc(C)c3)[nH]c(=O)c12. The number of pyridine rings is 1. The highest BCUT2D eigenvalue weighted by Gasteiger charge is 2.17. The molecule has 3 aromatic rings. The largest absolute Gasteiger partial charge is 0.465 e. The van der Waals surface area contributed by atoms with E-state index in [1.54, 1.807) is 6.92 Å². The molecule has 7 heteroatoms. The van der Waals surface area contributed by atoms with Crippen molar-refractivity contribution in [2.24, 2.45) is 0 Å². The van der Waals surface area contributed by atoms with E-state index in [9.17, 15) is 9.59 Å². The highest BCUT2D eigenvalue weighted by atomic mass is 32.2. The molecule has 1 aromatic carbocycles. The molecule has 6 nitrogen and oxygen atoms in total. The average Bonchev–Trinajstić information content (AvgIpc) is 2.58. The van der Waals surface area contributed by atoms with Gasteiger partial charge in [-0.15, -0.1) is 0 Å². The van der Waals surface area contributed by atoms with E-state index in [0.29, 0.717) is 16.6 Å². The van der Waals surface area contributed by atoms with Gasteiger partial charge in [0, 0.05) is 11.4 Å². The second-order valence-corrected chi connectivity index (χ2v) is 6.61. The van der Waals surface area contributed by atoms with Crippen molar-refractivity contribution in [1.29, 1.82) is 0 Å². The summed E-state index contributed by atoms with van der Waals surface area (Å²) in [6.45, 7) is 3.78. The molecule has 0 spiro atoms. The number of rotatable bonds is 4. The summed E-state index contributed by atoms with van der Waals surface area (Å²) in [5.74, 6) is 0.0918. The molecule has 0 aliphatic heterocycles. The highest BCUT2D eigenvalue weighted by molar-refractivity contribution is 7.98. The smallest absolute Gasteiger partial charge is 0.338 e. The van der Waals surface area contributed by atoms with E-state index in [1.807, 2.05) is 25.1 Å². The van der Waals surface area contributed by atoms with E-state index in [0.717, 1.165) is 5.56 Å². The molecule has 0 aliphatic rings. The van der Waals surface area contributed by atoms with Gasteiger partial charge >= 0.3 is 5.97 Å². The van der Waals surface area contributed by atoms with Gasteiger partial charge in [-0.2, -0.15) is 0 Å². The van der Waals surface area contributed by atoms with Crippen LogP contribution in [0.15, 0.2) is 40.3 Å². The van der Waals surface area contributed by atoms with Crippen molar-refractivity contribution < 1.29 is 9.53 Å². The molecule has 1 N–H and O–H groups in total. The van der Waals surface area contributed by atoms with E-state index in [2.05, 4.69) is 21.0 Å². The Morgan fingerprint density at radius 1 is 1.24 bits per heavy atom. The fourth-order valence-corrected chi connectivity index (χ4v) is 3.34. The Balaban J connectivity index is 1.99. The molecule has 25 heavy (non-hydrogen) atoms. The van der Waals surface area contributed by atoms with Crippen LogP contribution in [0.25, 0.3) is 11.0 Å². The summed E-state index contributed by atoms with van der Waals surface area (Å²) >= 11 is 1.41. The Hall–Kier alpha value is -2.67. The minimum absolute atomic E-state index is 0.150. The first-order valence-corrected chi connectivity index (χ1v) is 8.65. The number of aryl methyl sites for hydroxylation is 2. The summed E-state index contributed by atoms with van der Waals surface area (Å²) in [6, 6.07) is 9.67. The van der Waals surface area contributed by atoms with Gasteiger partial charge < -0.3 is 9.72 Å². The van der Waals surface area contributed by atoms with Gasteiger partial charge in [0.25, 0.3) is 5.56 Å². The van der Waals surface area contributed by atoms with Gasteiger partial charge in [0.2, 0.25) is 0 Å². The van der Waals surface area contributed by atoms with Gasteiger partial charge in [-0.05, 0) is 25.5 Å². The first kappa shape index (κ1) is 17.2. The van der Waals surface area contributed by atoms with Crippen molar-refractivity contribution >= 4 is 28.8 Å². The maximum absolute atomic E-state index is 12.5. The van der Waals surface area contributed by atoms with Crippen LogP contribution >= 0.6 is 11.8 Å². The Morgan fingerprint density at radius 3 is 2.76 bits per heavy atom. The van der Waals surface area contributed by atoms with Crippen molar-refractivity contribution in [3.05, 3.63) is 63.1 Å². The summed E-state index contributed by atoms with van der Waals surface area (Å²) in [6.07, 6.45) is 0. The molecule has 0 unspecified atom stereocenters. The lowest BCUT2D eigenvalue weighted by Crippen LogP contribution is -2.16. The zero-order chi connectivity index (χ0) is 18.0. The van der Waals surface area contributed by atoms with E-state index >= 15 is 0 Å². The van der Waals surface area contributed by atoms with Gasteiger partial charge in [-0.25, -0.2) is 14.8 Å². The fourth-order valence-electron chi connectivity index (χ4n) is 2.54. The van der Waals surface area contributed by atoms with Gasteiger partial charge in [0.05, 0.1) is 18.1 Å². The van der Waals surface area contributed by atoms with Gasteiger partial charge in [-0.1, -0.05) is 41.6 Å². The van der Waals surface area contributed by atoms with Crippen LogP contribution in [0.1, 0.15) is 27.2 Å². The van der Waals surface area contributed by atoms with Crippen LogP contribution in [-0.2, 0) is 10.5 Å².